The number of benzene rings is 1. The zero-order valence-electron chi connectivity index (χ0n) is 10.5. The van der Waals surface area contributed by atoms with E-state index in [0.29, 0.717) is 18.8 Å². The van der Waals surface area contributed by atoms with E-state index in [4.69, 9.17) is 0 Å². The molecule has 1 aromatic carbocycles. The highest BCUT2D eigenvalue weighted by atomic mass is 79.9. The van der Waals surface area contributed by atoms with Crippen LogP contribution < -0.4 is 0 Å². The van der Waals surface area contributed by atoms with Crippen LogP contribution in [0.4, 0.5) is 8.78 Å². The summed E-state index contributed by atoms with van der Waals surface area (Å²) in [4.78, 5) is 0. The predicted octanol–water partition coefficient (Wildman–Crippen LogP) is 4.37. The van der Waals surface area contributed by atoms with Crippen molar-refractivity contribution in [3.63, 3.8) is 0 Å². The molecule has 1 fully saturated rings. The molecule has 0 aliphatic heterocycles. The van der Waals surface area contributed by atoms with Gasteiger partial charge in [0, 0.05) is 0 Å². The van der Waals surface area contributed by atoms with Gasteiger partial charge >= 0.3 is 0 Å². The third-order valence-electron chi connectivity index (χ3n) is 4.15. The second-order valence-corrected chi connectivity index (χ2v) is 6.30. The van der Waals surface area contributed by atoms with Crippen molar-refractivity contribution < 1.29 is 13.9 Å². The Kier molecular flexibility index (Phi) is 3.79. The van der Waals surface area contributed by atoms with E-state index in [9.17, 15) is 13.9 Å². The summed E-state index contributed by atoms with van der Waals surface area (Å²) < 4.78 is 28.1. The van der Waals surface area contributed by atoms with E-state index < -0.39 is 17.2 Å². The smallest absolute Gasteiger partial charge is 0.146 e. The second-order valence-electron chi connectivity index (χ2n) is 5.45. The largest absolute Gasteiger partial charge is 0.385 e. The Morgan fingerprint density at radius 3 is 2.56 bits per heavy atom. The molecule has 0 amide bonds. The quantitative estimate of drug-likeness (QED) is 0.762. The fourth-order valence-electron chi connectivity index (χ4n) is 2.77. The molecule has 0 aromatic heterocycles. The van der Waals surface area contributed by atoms with E-state index in [2.05, 4.69) is 22.9 Å². The molecule has 100 valence electrons. The Morgan fingerprint density at radius 1 is 1.28 bits per heavy atom. The summed E-state index contributed by atoms with van der Waals surface area (Å²) >= 11 is 3.05. The maximum absolute atomic E-state index is 14.1. The Morgan fingerprint density at radius 2 is 1.94 bits per heavy atom. The molecule has 0 radical (unpaired) electrons. The number of hydrogen-bond acceptors (Lipinski definition) is 1. The van der Waals surface area contributed by atoms with Crippen molar-refractivity contribution in [3.05, 3.63) is 33.8 Å². The zero-order chi connectivity index (χ0) is 13.5. The Bertz CT molecular complexity index is 463. The van der Waals surface area contributed by atoms with Crippen molar-refractivity contribution >= 4 is 15.9 Å². The highest BCUT2D eigenvalue weighted by Gasteiger charge is 2.41. The normalized spacial score (nSPS) is 32.6. The molecule has 1 nitrogen and oxygen atoms in total. The lowest BCUT2D eigenvalue weighted by Crippen LogP contribution is -2.37. The molecule has 0 bridgehead atoms. The molecular formula is C14H17BrF2O. The second kappa shape index (κ2) is 4.89. The van der Waals surface area contributed by atoms with Gasteiger partial charge in [0.25, 0.3) is 0 Å². The topological polar surface area (TPSA) is 20.2 Å². The fraction of sp³-hybridized carbons (Fsp3) is 0.571. The Balaban J connectivity index is 2.45. The van der Waals surface area contributed by atoms with E-state index in [1.54, 1.807) is 0 Å². The van der Waals surface area contributed by atoms with Crippen LogP contribution in [0.15, 0.2) is 16.6 Å². The maximum atomic E-state index is 14.1. The Labute approximate surface area is 114 Å². The predicted molar refractivity (Wildman–Crippen MR) is 70.1 cm³/mol. The molecule has 1 aliphatic rings. The van der Waals surface area contributed by atoms with Crippen molar-refractivity contribution in [2.24, 2.45) is 11.8 Å². The first-order valence-corrected chi connectivity index (χ1v) is 7.01. The van der Waals surface area contributed by atoms with Crippen LogP contribution in [-0.4, -0.2) is 5.11 Å². The molecule has 0 saturated heterocycles. The highest BCUT2D eigenvalue weighted by Crippen LogP contribution is 2.44. The average molecular weight is 319 g/mol. The Hall–Kier alpha value is -0.480. The van der Waals surface area contributed by atoms with E-state index in [1.165, 1.54) is 12.1 Å². The standard InChI is InChI=1S/C14H17BrF2O/c1-8-5-6-14(18,7-9(8)2)12-11(16)4-3-10(15)13(12)17/h3-4,8-9,18H,5-7H2,1-2H3. The van der Waals surface area contributed by atoms with E-state index in [0.717, 1.165) is 6.42 Å². The molecule has 1 saturated carbocycles. The van der Waals surface area contributed by atoms with E-state index in [1.807, 2.05) is 6.92 Å². The molecule has 3 atom stereocenters. The number of aliphatic hydroxyl groups is 1. The first-order chi connectivity index (χ1) is 8.35. The van der Waals surface area contributed by atoms with E-state index in [-0.39, 0.29) is 16.0 Å². The summed E-state index contributed by atoms with van der Waals surface area (Å²) in [5.41, 5.74) is -1.57. The first-order valence-electron chi connectivity index (χ1n) is 6.21. The molecule has 0 spiro atoms. The summed E-state index contributed by atoms with van der Waals surface area (Å²) in [5.74, 6) is -0.621. The minimum Gasteiger partial charge on any atom is -0.385 e. The summed E-state index contributed by atoms with van der Waals surface area (Å²) in [5, 5.41) is 10.6. The van der Waals surface area contributed by atoms with Crippen LogP contribution in [0.5, 0.6) is 0 Å². The van der Waals surface area contributed by atoms with Crippen LogP contribution in [0.3, 0.4) is 0 Å². The van der Waals surface area contributed by atoms with Gasteiger partial charge in [-0.2, -0.15) is 0 Å². The van der Waals surface area contributed by atoms with Gasteiger partial charge in [0.05, 0.1) is 15.6 Å². The summed E-state index contributed by atoms with van der Waals surface area (Å²) in [6.45, 7) is 4.13. The summed E-state index contributed by atoms with van der Waals surface area (Å²) in [6, 6.07) is 2.52. The van der Waals surface area contributed by atoms with Gasteiger partial charge in [-0.1, -0.05) is 13.8 Å². The number of rotatable bonds is 1. The minimum atomic E-state index is -1.39. The van der Waals surface area contributed by atoms with Gasteiger partial charge in [0.15, 0.2) is 0 Å². The molecule has 18 heavy (non-hydrogen) atoms. The highest BCUT2D eigenvalue weighted by molar-refractivity contribution is 9.10. The number of hydrogen-bond donors (Lipinski definition) is 1. The van der Waals surface area contributed by atoms with Crippen molar-refractivity contribution in [2.45, 2.75) is 38.7 Å². The molecule has 0 heterocycles. The van der Waals surface area contributed by atoms with Crippen LogP contribution in [0.1, 0.15) is 38.7 Å². The van der Waals surface area contributed by atoms with Crippen molar-refractivity contribution in [2.75, 3.05) is 0 Å². The molecular weight excluding hydrogens is 302 g/mol. The molecule has 1 N–H and O–H groups in total. The third kappa shape index (κ3) is 2.32. The van der Waals surface area contributed by atoms with Gasteiger partial charge in [-0.3, -0.25) is 0 Å². The van der Waals surface area contributed by atoms with Gasteiger partial charge < -0.3 is 5.11 Å². The minimum absolute atomic E-state index is 0.185. The van der Waals surface area contributed by atoms with Crippen molar-refractivity contribution in [1.82, 2.24) is 0 Å². The first kappa shape index (κ1) is 13.9. The maximum Gasteiger partial charge on any atom is 0.146 e. The molecule has 4 heteroatoms. The SMILES string of the molecule is CC1CCC(O)(c2c(F)ccc(Br)c2F)CC1C. The van der Waals surface area contributed by atoms with Crippen LogP contribution in [0, 0.1) is 23.5 Å². The third-order valence-corrected chi connectivity index (χ3v) is 4.77. The molecule has 1 aromatic rings. The lowest BCUT2D eigenvalue weighted by atomic mass is 9.70. The van der Waals surface area contributed by atoms with Gasteiger partial charge in [0.1, 0.15) is 11.6 Å². The zero-order valence-corrected chi connectivity index (χ0v) is 12.1. The summed E-state index contributed by atoms with van der Waals surface area (Å²) in [7, 11) is 0. The molecule has 1 aliphatic carbocycles. The van der Waals surface area contributed by atoms with Gasteiger partial charge in [-0.15, -0.1) is 0 Å². The van der Waals surface area contributed by atoms with Gasteiger partial charge in [-0.05, 0) is 59.2 Å². The van der Waals surface area contributed by atoms with Gasteiger partial charge in [0.2, 0.25) is 0 Å². The van der Waals surface area contributed by atoms with E-state index >= 15 is 0 Å². The number of halogens is 3. The lowest BCUT2D eigenvalue weighted by molar-refractivity contribution is -0.0390. The van der Waals surface area contributed by atoms with Crippen molar-refractivity contribution in [1.29, 1.82) is 0 Å². The van der Waals surface area contributed by atoms with Crippen LogP contribution in [0.25, 0.3) is 0 Å². The average Bonchev–Trinajstić information content (AvgIpc) is 2.30. The monoisotopic (exact) mass is 318 g/mol. The lowest BCUT2D eigenvalue weighted by Gasteiger charge is -2.39. The molecule has 2 rings (SSSR count). The van der Waals surface area contributed by atoms with Crippen LogP contribution in [-0.2, 0) is 5.60 Å². The van der Waals surface area contributed by atoms with Crippen LogP contribution in [0.2, 0.25) is 0 Å². The summed E-state index contributed by atoms with van der Waals surface area (Å²) in [6.07, 6.45) is 1.59. The molecule has 3 unspecified atom stereocenters. The van der Waals surface area contributed by atoms with Gasteiger partial charge in [-0.25, -0.2) is 8.78 Å². The van der Waals surface area contributed by atoms with Crippen molar-refractivity contribution in [3.8, 4) is 0 Å². The van der Waals surface area contributed by atoms with Crippen LogP contribution >= 0.6 is 15.9 Å². The fourth-order valence-corrected chi connectivity index (χ4v) is 3.10.